The molecule has 1 nitrogen and oxygen atoms in total. The summed E-state index contributed by atoms with van der Waals surface area (Å²) >= 11 is 3.46. The highest BCUT2D eigenvalue weighted by atomic mass is 79.9. The lowest BCUT2D eigenvalue weighted by Crippen LogP contribution is -2.29. The van der Waals surface area contributed by atoms with Crippen molar-refractivity contribution in [2.24, 2.45) is 11.1 Å². The molecular formula is C13H19BrFN. The molecule has 0 aliphatic rings. The van der Waals surface area contributed by atoms with Gasteiger partial charge in [-0.15, -0.1) is 0 Å². The Hall–Kier alpha value is -0.410. The summed E-state index contributed by atoms with van der Waals surface area (Å²) in [5, 5.41) is 0. The van der Waals surface area contributed by atoms with E-state index in [2.05, 4.69) is 29.8 Å². The Bertz CT molecular complexity index is 354. The van der Waals surface area contributed by atoms with Crippen molar-refractivity contribution in [3.05, 3.63) is 34.1 Å². The van der Waals surface area contributed by atoms with Gasteiger partial charge in [-0.3, -0.25) is 0 Å². The molecular weight excluding hydrogens is 269 g/mol. The maximum absolute atomic E-state index is 13.2. The first kappa shape index (κ1) is 13.7. The van der Waals surface area contributed by atoms with Crippen LogP contribution < -0.4 is 5.73 Å². The Balaban J connectivity index is 2.89. The highest BCUT2D eigenvalue weighted by Crippen LogP contribution is 2.30. The molecule has 0 heterocycles. The van der Waals surface area contributed by atoms with E-state index in [9.17, 15) is 4.39 Å². The molecule has 1 unspecified atom stereocenters. The highest BCUT2D eigenvalue weighted by Gasteiger charge is 2.23. The fourth-order valence-electron chi connectivity index (χ4n) is 2.00. The lowest BCUT2D eigenvalue weighted by molar-refractivity contribution is 0.302. The van der Waals surface area contributed by atoms with Crippen LogP contribution in [-0.2, 0) is 6.42 Å². The average Bonchev–Trinajstić information content (AvgIpc) is 2.24. The topological polar surface area (TPSA) is 26.0 Å². The van der Waals surface area contributed by atoms with E-state index in [1.165, 1.54) is 6.07 Å². The second-order valence-corrected chi connectivity index (χ2v) is 5.53. The van der Waals surface area contributed by atoms with Crippen LogP contribution in [0.25, 0.3) is 0 Å². The van der Waals surface area contributed by atoms with E-state index in [1.54, 1.807) is 12.1 Å². The van der Waals surface area contributed by atoms with Crippen molar-refractivity contribution in [3.8, 4) is 0 Å². The number of hydrogen-bond acceptors (Lipinski definition) is 1. The summed E-state index contributed by atoms with van der Waals surface area (Å²) in [6.45, 7) is 4.94. The fraction of sp³-hybridized carbons (Fsp3) is 0.538. The van der Waals surface area contributed by atoms with Crippen molar-refractivity contribution < 1.29 is 4.39 Å². The molecule has 1 rings (SSSR count). The molecule has 0 spiro atoms. The van der Waals surface area contributed by atoms with E-state index < -0.39 is 0 Å². The van der Waals surface area contributed by atoms with Crippen LogP contribution in [-0.4, -0.2) is 6.54 Å². The molecule has 90 valence electrons. The van der Waals surface area contributed by atoms with Crippen molar-refractivity contribution in [1.29, 1.82) is 0 Å². The molecule has 0 aliphatic carbocycles. The lowest BCUT2D eigenvalue weighted by atomic mass is 9.80. The first-order chi connectivity index (χ1) is 7.50. The van der Waals surface area contributed by atoms with E-state index in [0.717, 1.165) is 29.3 Å². The quantitative estimate of drug-likeness (QED) is 0.873. The van der Waals surface area contributed by atoms with E-state index in [1.807, 2.05) is 0 Å². The third-order valence-electron chi connectivity index (χ3n) is 2.97. The molecule has 1 atom stereocenters. The second-order valence-electron chi connectivity index (χ2n) is 4.68. The summed E-state index contributed by atoms with van der Waals surface area (Å²) in [6, 6.07) is 4.81. The van der Waals surface area contributed by atoms with Gasteiger partial charge < -0.3 is 5.73 Å². The monoisotopic (exact) mass is 287 g/mol. The van der Waals surface area contributed by atoms with Crippen LogP contribution in [0.5, 0.6) is 0 Å². The summed E-state index contributed by atoms with van der Waals surface area (Å²) in [5.41, 5.74) is 6.88. The molecule has 0 fully saturated rings. The molecule has 16 heavy (non-hydrogen) atoms. The SMILES string of the molecule is CCCC(C)(CN)Cc1cc(F)ccc1Br. The van der Waals surface area contributed by atoms with E-state index in [-0.39, 0.29) is 11.2 Å². The third kappa shape index (κ3) is 3.56. The summed E-state index contributed by atoms with van der Waals surface area (Å²) in [4.78, 5) is 0. The van der Waals surface area contributed by atoms with E-state index in [0.29, 0.717) is 6.54 Å². The van der Waals surface area contributed by atoms with E-state index in [4.69, 9.17) is 5.73 Å². The average molecular weight is 288 g/mol. The van der Waals surface area contributed by atoms with Gasteiger partial charge in [0.15, 0.2) is 0 Å². The Labute approximate surface area is 105 Å². The van der Waals surface area contributed by atoms with Crippen molar-refractivity contribution in [2.75, 3.05) is 6.54 Å². The van der Waals surface area contributed by atoms with Crippen LogP contribution in [0.3, 0.4) is 0 Å². The highest BCUT2D eigenvalue weighted by molar-refractivity contribution is 9.10. The zero-order valence-electron chi connectivity index (χ0n) is 9.89. The van der Waals surface area contributed by atoms with Crippen LogP contribution in [0, 0.1) is 11.2 Å². The molecule has 3 heteroatoms. The summed E-state index contributed by atoms with van der Waals surface area (Å²) in [7, 11) is 0. The van der Waals surface area contributed by atoms with Gasteiger partial charge in [-0.25, -0.2) is 4.39 Å². The van der Waals surface area contributed by atoms with Crippen LogP contribution in [0.15, 0.2) is 22.7 Å². The molecule has 1 aromatic rings. The molecule has 1 aromatic carbocycles. The molecule has 0 aromatic heterocycles. The standard InChI is InChI=1S/C13H19BrFN/c1-3-6-13(2,9-16)8-10-7-11(15)4-5-12(10)14/h4-5,7H,3,6,8-9,16H2,1-2H3. The van der Waals surface area contributed by atoms with Crippen molar-refractivity contribution in [1.82, 2.24) is 0 Å². The smallest absolute Gasteiger partial charge is 0.123 e. The molecule has 0 amide bonds. The number of rotatable bonds is 5. The predicted molar refractivity (Wildman–Crippen MR) is 69.9 cm³/mol. The molecule has 0 radical (unpaired) electrons. The molecule has 0 bridgehead atoms. The van der Waals surface area contributed by atoms with Gasteiger partial charge >= 0.3 is 0 Å². The van der Waals surface area contributed by atoms with Crippen LogP contribution in [0.1, 0.15) is 32.3 Å². The Morgan fingerprint density at radius 2 is 2.12 bits per heavy atom. The van der Waals surface area contributed by atoms with Gasteiger partial charge in [-0.2, -0.15) is 0 Å². The van der Waals surface area contributed by atoms with Gasteiger partial charge in [-0.1, -0.05) is 36.2 Å². The fourth-order valence-corrected chi connectivity index (χ4v) is 2.39. The zero-order valence-corrected chi connectivity index (χ0v) is 11.5. The maximum Gasteiger partial charge on any atom is 0.123 e. The van der Waals surface area contributed by atoms with Gasteiger partial charge in [0.2, 0.25) is 0 Å². The van der Waals surface area contributed by atoms with Gasteiger partial charge in [0.05, 0.1) is 0 Å². The minimum Gasteiger partial charge on any atom is -0.330 e. The largest absolute Gasteiger partial charge is 0.330 e. The molecule has 2 N–H and O–H groups in total. The van der Waals surface area contributed by atoms with Crippen molar-refractivity contribution in [2.45, 2.75) is 33.1 Å². The van der Waals surface area contributed by atoms with Gasteiger partial charge in [0.1, 0.15) is 5.82 Å². The first-order valence-corrected chi connectivity index (χ1v) is 6.44. The normalized spacial score (nSPS) is 14.8. The minimum atomic E-state index is -0.186. The summed E-state index contributed by atoms with van der Waals surface area (Å²) in [6.07, 6.45) is 2.97. The van der Waals surface area contributed by atoms with Gasteiger partial charge in [0.25, 0.3) is 0 Å². The minimum absolute atomic E-state index is 0.0606. The number of hydrogen-bond donors (Lipinski definition) is 1. The first-order valence-electron chi connectivity index (χ1n) is 5.65. The number of benzene rings is 1. The number of halogens is 2. The second kappa shape index (κ2) is 5.78. The maximum atomic E-state index is 13.2. The summed E-state index contributed by atoms with van der Waals surface area (Å²) < 4.78 is 14.1. The van der Waals surface area contributed by atoms with Crippen LogP contribution >= 0.6 is 15.9 Å². The van der Waals surface area contributed by atoms with Crippen LogP contribution in [0.4, 0.5) is 4.39 Å². The predicted octanol–water partition coefficient (Wildman–Crippen LogP) is 3.90. The number of nitrogens with two attached hydrogens (primary N) is 1. The Morgan fingerprint density at radius 1 is 1.44 bits per heavy atom. The molecule has 0 saturated carbocycles. The molecule has 0 aliphatic heterocycles. The van der Waals surface area contributed by atoms with Gasteiger partial charge in [-0.05, 0) is 48.6 Å². The summed E-state index contributed by atoms with van der Waals surface area (Å²) in [5.74, 6) is -0.186. The van der Waals surface area contributed by atoms with Crippen molar-refractivity contribution >= 4 is 15.9 Å². The third-order valence-corrected chi connectivity index (χ3v) is 3.74. The Kier molecular flexibility index (Phi) is 4.93. The van der Waals surface area contributed by atoms with Crippen LogP contribution in [0.2, 0.25) is 0 Å². The van der Waals surface area contributed by atoms with E-state index >= 15 is 0 Å². The lowest BCUT2D eigenvalue weighted by Gasteiger charge is -2.28. The van der Waals surface area contributed by atoms with Crippen molar-refractivity contribution in [3.63, 3.8) is 0 Å². The Morgan fingerprint density at radius 3 is 2.69 bits per heavy atom. The van der Waals surface area contributed by atoms with Gasteiger partial charge in [0, 0.05) is 4.47 Å². The zero-order chi connectivity index (χ0) is 12.2. The molecule has 0 saturated heterocycles.